The summed E-state index contributed by atoms with van der Waals surface area (Å²) >= 11 is 0. The minimum absolute atomic E-state index is 0.301. The van der Waals surface area contributed by atoms with Gasteiger partial charge in [0.2, 0.25) is 5.91 Å². The van der Waals surface area contributed by atoms with Crippen molar-refractivity contribution in [2.75, 3.05) is 13.6 Å². The van der Waals surface area contributed by atoms with Crippen LogP contribution in [0.4, 0.5) is 0 Å². The van der Waals surface area contributed by atoms with Crippen LogP contribution < -0.4 is 0 Å². The minimum Gasteiger partial charge on any atom is -0.345 e. The van der Waals surface area contributed by atoms with Crippen LogP contribution in [0, 0.1) is 5.41 Å². The molecule has 0 aromatic rings. The topological polar surface area (TPSA) is 20.3 Å². The SMILES string of the molecule is CN1CC(C)(C)CCCC1=O. The Morgan fingerprint density at radius 2 is 2.09 bits per heavy atom. The Bertz CT molecular complexity index is 163. The normalized spacial score (nSPS) is 25.0. The van der Waals surface area contributed by atoms with Crippen molar-refractivity contribution in [3.05, 3.63) is 0 Å². The van der Waals surface area contributed by atoms with E-state index in [1.54, 1.807) is 0 Å². The summed E-state index contributed by atoms with van der Waals surface area (Å²) in [6, 6.07) is 0. The quantitative estimate of drug-likeness (QED) is 0.521. The zero-order chi connectivity index (χ0) is 8.48. The third-order valence-electron chi connectivity index (χ3n) is 2.34. The molecule has 0 aliphatic carbocycles. The molecule has 0 unspecified atom stereocenters. The number of nitrogens with zero attached hydrogens (tertiary/aromatic N) is 1. The van der Waals surface area contributed by atoms with Crippen molar-refractivity contribution in [2.45, 2.75) is 33.1 Å². The molecule has 1 saturated heterocycles. The fourth-order valence-corrected chi connectivity index (χ4v) is 1.72. The zero-order valence-corrected chi connectivity index (χ0v) is 7.68. The van der Waals surface area contributed by atoms with E-state index in [-0.39, 0.29) is 0 Å². The third kappa shape index (κ3) is 2.21. The number of rotatable bonds is 0. The molecule has 11 heavy (non-hydrogen) atoms. The Hall–Kier alpha value is -0.530. The highest BCUT2D eigenvalue weighted by molar-refractivity contribution is 5.76. The van der Waals surface area contributed by atoms with E-state index >= 15 is 0 Å². The van der Waals surface area contributed by atoms with E-state index in [1.165, 1.54) is 6.42 Å². The number of hydrogen-bond acceptors (Lipinski definition) is 1. The summed E-state index contributed by atoms with van der Waals surface area (Å²) in [4.78, 5) is 13.1. The van der Waals surface area contributed by atoms with Crippen LogP contribution in [0.15, 0.2) is 0 Å². The van der Waals surface area contributed by atoms with Crippen LogP contribution in [0.3, 0.4) is 0 Å². The van der Waals surface area contributed by atoms with E-state index in [2.05, 4.69) is 13.8 Å². The third-order valence-corrected chi connectivity index (χ3v) is 2.34. The van der Waals surface area contributed by atoms with Crippen molar-refractivity contribution >= 4 is 5.91 Å². The molecular formula is C9H17NO. The van der Waals surface area contributed by atoms with Gasteiger partial charge in [0, 0.05) is 20.0 Å². The summed E-state index contributed by atoms with van der Waals surface area (Å²) in [6.07, 6.45) is 2.96. The molecule has 0 spiro atoms. The molecule has 1 amide bonds. The molecule has 0 bridgehead atoms. The molecule has 0 aromatic heterocycles. The molecule has 1 rings (SSSR count). The lowest BCUT2D eigenvalue weighted by Crippen LogP contribution is -2.32. The average Bonchev–Trinajstić information content (AvgIpc) is 1.93. The second kappa shape index (κ2) is 2.84. The van der Waals surface area contributed by atoms with Crippen LogP contribution in [0.2, 0.25) is 0 Å². The second-order valence-corrected chi connectivity index (χ2v) is 4.27. The Morgan fingerprint density at radius 1 is 1.45 bits per heavy atom. The number of likely N-dealkylation sites (tertiary alicyclic amines) is 1. The first-order valence-electron chi connectivity index (χ1n) is 4.25. The first-order chi connectivity index (χ1) is 5.01. The van der Waals surface area contributed by atoms with Gasteiger partial charge in [-0.05, 0) is 18.3 Å². The Kier molecular flexibility index (Phi) is 2.21. The van der Waals surface area contributed by atoms with Crippen LogP contribution in [-0.4, -0.2) is 24.4 Å². The van der Waals surface area contributed by atoms with Gasteiger partial charge >= 0.3 is 0 Å². The van der Waals surface area contributed by atoms with Gasteiger partial charge in [-0.1, -0.05) is 13.8 Å². The summed E-state index contributed by atoms with van der Waals surface area (Å²) in [5, 5.41) is 0. The number of amides is 1. The van der Waals surface area contributed by atoms with E-state index in [1.807, 2.05) is 11.9 Å². The summed E-state index contributed by atoms with van der Waals surface area (Å²) in [7, 11) is 1.90. The Morgan fingerprint density at radius 3 is 2.73 bits per heavy atom. The van der Waals surface area contributed by atoms with Crippen molar-refractivity contribution in [2.24, 2.45) is 5.41 Å². The largest absolute Gasteiger partial charge is 0.345 e. The van der Waals surface area contributed by atoms with Crippen LogP contribution in [0.25, 0.3) is 0 Å². The average molecular weight is 155 g/mol. The summed E-state index contributed by atoms with van der Waals surface area (Å²) in [5.74, 6) is 0.301. The van der Waals surface area contributed by atoms with E-state index in [0.717, 1.165) is 19.4 Å². The van der Waals surface area contributed by atoms with Crippen molar-refractivity contribution in [1.29, 1.82) is 0 Å². The lowest BCUT2D eigenvalue weighted by atomic mass is 9.88. The predicted octanol–water partition coefficient (Wildman–Crippen LogP) is 1.65. The number of carbonyl (C=O) groups excluding carboxylic acids is 1. The fourth-order valence-electron chi connectivity index (χ4n) is 1.72. The molecular weight excluding hydrogens is 138 g/mol. The predicted molar refractivity (Wildman–Crippen MR) is 45.3 cm³/mol. The van der Waals surface area contributed by atoms with Gasteiger partial charge in [0.15, 0.2) is 0 Å². The molecule has 1 heterocycles. The smallest absolute Gasteiger partial charge is 0.222 e. The molecule has 0 atom stereocenters. The number of hydrogen-bond donors (Lipinski definition) is 0. The zero-order valence-electron chi connectivity index (χ0n) is 7.68. The Balaban J connectivity index is 2.63. The maximum Gasteiger partial charge on any atom is 0.222 e. The molecule has 64 valence electrons. The van der Waals surface area contributed by atoms with Gasteiger partial charge < -0.3 is 4.90 Å². The lowest BCUT2D eigenvalue weighted by molar-refractivity contribution is -0.130. The highest BCUT2D eigenvalue weighted by Gasteiger charge is 2.25. The Labute approximate surface area is 68.6 Å². The molecule has 0 radical (unpaired) electrons. The van der Waals surface area contributed by atoms with Gasteiger partial charge in [-0.3, -0.25) is 4.79 Å². The lowest BCUT2D eigenvalue weighted by Gasteiger charge is -2.26. The molecule has 0 saturated carbocycles. The first kappa shape index (κ1) is 8.57. The number of carbonyl (C=O) groups is 1. The standard InChI is InChI=1S/C9H17NO/c1-9(2)6-4-5-8(11)10(3)7-9/h4-7H2,1-3H3. The van der Waals surface area contributed by atoms with Gasteiger partial charge in [0.05, 0.1) is 0 Å². The molecule has 0 aromatic carbocycles. The maximum absolute atomic E-state index is 11.2. The van der Waals surface area contributed by atoms with Crippen molar-refractivity contribution in [1.82, 2.24) is 4.90 Å². The second-order valence-electron chi connectivity index (χ2n) is 4.27. The van der Waals surface area contributed by atoms with Gasteiger partial charge in [0.25, 0.3) is 0 Å². The summed E-state index contributed by atoms with van der Waals surface area (Å²) in [6.45, 7) is 5.36. The summed E-state index contributed by atoms with van der Waals surface area (Å²) < 4.78 is 0. The van der Waals surface area contributed by atoms with Gasteiger partial charge in [-0.15, -0.1) is 0 Å². The van der Waals surface area contributed by atoms with Gasteiger partial charge in [-0.25, -0.2) is 0 Å². The van der Waals surface area contributed by atoms with Gasteiger partial charge in [0.1, 0.15) is 0 Å². The van der Waals surface area contributed by atoms with E-state index in [0.29, 0.717) is 11.3 Å². The summed E-state index contributed by atoms with van der Waals surface area (Å²) in [5.41, 5.74) is 0.320. The van der Waals surface area contributed by atoms with E-state index < -0.39 is 0 Å². The molecule has 1 aliphatic rings. The highest BCUT2D eigenvalue weighted by atomic mass is 16.2. The monoisotopic (exact) mass is 155 g/mol. The molecule has 1 aliphatic heterocycles. The van der Waals surface area contributed by atoms with Crippen LogP contribution in [0.5, 0.6) is 0 Å². The maximum atomic E-state index is 11.2. The highest BCUT2D eigenvalue weighted by Crippen LogP contribution is 2.27. The van der Waals surface area contributed by atoms with Crippen molar-refractivity contribution < 1.29 is 4.79 Å². The minimum atomic E-state index is 0.301. The van der Waals surface area contributed by atoms with Crippen molar-refractivity contribution in [3.8, 4) is 0 Å². The molecule has 0 N–H and O–H groups in total. The van der Waals surface area contributed by atoms with E-state index in [4.69, 9.17) is 0 Å². The van der Waals surface area contributed by atoms with Gasteiger partial charge in [-0.2, -0.15) is 0 Å². The van der Waals surface area contributed by atoms with E-state index in [9.17, 15) is 4.79 Å². The van der Waals surface area contributed by atoms with Crippen LogP contribution in [0.1, 0.15) is 33.1 Å². The van der Waals surface area contributed by atoms with Crippen LogP contribution in [-0.2, 0) is 4.79 Å². The molecule has 2 heteroatoms. The van der Waals surface area contributed by atoms with Crippen molar-refractivity contribution in [3.63, 3.8) is 0 Å². The molecule has 2 nitrogen and oxygen atoms in total. The fraction of sp³-hybridized carbons (Fsp3) is 0.889. The molecule has 1 fully saturated rings. The first-order valence-corrected chi connectivity index (χ1v) is 4.25. The van der Waals surface area contributed by atoms with Crippen LogP contribution >= 0.6 is 0 Å².